The number of carbonyl (C=O) groups excluding carboxylic acids is 1. The Morgan fingerprint density at radius 3 is 2.21 bits per heavy atom. The van der Waals surface area contributed by atoms with E-state index in [-0.39, 0.29) is 11.9 Å². The molecule has 0 saturated carbocycles. The molecule has 1 aliphatic rings. The van der Waals surface area contributed by atoms with Crippen molar-refractivity contribution in [1.29, 1.82) is 0 Å². The van der Waals surface area contributed by atoms with Crippen LogP contribution in [0.25, 0.3) is 11.4 Å². The molecule has 6 nitrogen and oxygen atoms in total. The lowest BCUT2D eigenvalue weighted by atomic mass is 9.92. The molecule has 3 aromatic rings. The van der Waals surface area contributed by atoms with Crippen molar-refractivity contribution in [3.05, 3.63) is 64.5 Å². The molecule has 2 heterocycles. The van der Waals surface area contributed by atoms with Crippen LogP contribution in [0, 0.1) is 0 Å². The zero-order valence-electron chi connectivity index (χ0n) is 19.6. The number of anilines is 1. The molecule has 1 aromatic heterocycles. The minimum Gasteiger partial charge on any atom is -0.339 e. The summed E-state index contributed by atoms with van der Waals surface area (Å²) in [5.74, 6) is 2.01. The summed E-state index contributed by atoms with van der Waals surface area (Å²) in [6, 6.07) is 13.6. The second-order valence-electron chi connectivity index (χ2n) is 9.28. The van der Waals surface area contributed by atoms with E-state index in [1.807, 2.05) is 29.2 Å². The van der Waals surface area contributed by atoms with Gasteiger partial charge in [0.15, 0.2) is 0 Å². The Hall–Kier alpha value is -2.86. The minimum atomic E-state index is -0.0455. The number of nitrogens with zero attached hydrogens (tertiary/aromatic N) is 3. The number of rotatable bonds is 5. The van der Waals surface area contributed by atoms with Gasteiger partial charge in [0.2, 0.25) is 11.7 Å². The van der Waals surface area contributed by atoms with Gasteiger partial charge in [-0.2, -0.15) is 4.98 Å². The standard InChI is InChI=1S/C26H31ClN4O2/c1-16(2)21-6-5-7-22(17(3)4)23(21)28-26(32)31-14-12-19(13-15-31)25-29-24(30-33-25)18-8-10-20(27)11-9-18/h5-11,16-17,19H,12-15H2,1-4H3,(H,28,32). The molecule has 1 N–H and O–H groups in total. The van der Waals surface area contributed by atoms with Crippen LogP contribution in [0.4, 0.5) is 10.5 Å². The van der Waals surface area contributed by atoms with Crippen LogP contribution in [0.5, 0.6) is 0 Å². The number of benzene rings is 2. The number of aromatic nitrogens is 2. The minimum absolute atomic E-state index is 0.0455. The molecule has 0 aliphatic carbocycles. The number of para-hydroxylation sites is 1. The van der Waals surface area contributed by atoms with E-state index in [4.69, 9.17) is 16.1 Å². The van der Waals surface area contributed by atoms with Crippen molar-refractivity contribution in [3.8, 4) is 11.4 Å². The molecule has 0 bridgehead atoms. The summed E-state index contributed by atoms with van der Waals surface area (Å²) in [5, 5.41) is 8.02. The third-order valence-electron chi connectivity index (χ3n) is 6.28. The van der Waals surface area contributed by atoms with Crippen molar-refractivity contribution < 1.29 is 9.32 Å². The Bertz CT molecular complexity index is 1070. The third kappa shape index (κ3) is 5.22. The number of halogens is 1. The molecule has 0 unspecified atom stereocenters. The molecule has 1 saturated heterocycles. The maximum Gasteiger partial charge on any atom is 0.321 e. The Morgan fingerprint density at radius 1 is 1.03 bits per heavy atom. The van der Waals surface area contributed by atoms with Crippen molar-refractivity contribution in [2.75, 3.05) is 18.4 Å². The summed E-state index contributed by atoms with van der Waals surface area (Å²) in [4.78, 5) is 19.6. The summed E-state index contributed by atoms with van der Waals surface area (Å²) in [6.45, 7) is 9.92. The lowest BCUT2D eigenvalue weighted by Crippen LogP contribution is -2.41. The predicted octanol–water partition coefficient (Wildman–Crippen LogP) is 7.05. The number of urea groups is 1. The van der Waals surface area contributed by atoms with E-state index in [9.17, 15) is 4.79 Å². The molecule has 0 radical (unpaired) electrons. The number of piperidine rings is 1. The largest absolute Gasteiger partial charge is 0.339 e. The quantitative estimate of drug-likeness (QED) is 0.437. The first-order valence-corrected chi connectivity index (χ1v) is 12.0. The highest BCUT2D eigenvalue weighted by molar-refractivity contribution is 6.30. The second-order valence-corrected chi connectivity index (χ2v) is 9.71. The summed E-state index contributed by atoms with van der Waals surface area (Å²) >= 11 is 5.96. The van der Waals surface area contributed by atoms with Gasteiger partial charge in [-0.05, 0) is 60.1 Å². The summed E-state index contributed by atoms with van der Waals surface area (Å²) in [5.41, 5.74) is 4.17. The van der Waals surface area contributed by atoms with Gasteiger partial charge in [-0.3, -0.25) is 0 Å². The molecule has 7 heteroatoms. The topological polar surface area (TPSA) is 71.3 Å². The molecule has 2 amide bonds. The van der Waals surface area contributed by atoms with Gasteiger partial charge in [-0.25, -0.2) is 4.79 Å². The number of likely N-dealkylation sites (tertiary alicyclic amines) is 1. The molecule has 1 fully saturated rings. The number of carbonyl (C=O) groups is 1. The van der Waals surface area contributed by atoms with Crippen molar-refractivity contribution in [3.63, 3.8) is 0 Å². The van der Waals surface area contributed by atoms with Gasteiger partial charge >= 0.3 is 6.03 Å². The van der Waals surface area contributed by atoms with E-state index >= 15 is 0 Å². The molecular formula is C26H31ClN4O2. The Morgan fingerprint density at radius 2 is 1.64 bits per heavy atom. The average molecular weight is 467 g/mol. The van der Waals surface area contributed by atoms with Crippen LogP contribution in [0.15, 0.2) is 47.0 Å². The van der Waals surface area contributed by atoms with E-state index in [2.05, 4.69) is 61.4 Å². The molecule has 0 atom stereocenters. The highest BCUT2D eigenvalue weighted by Crippen LogP contribution is 2.34. The van der Waals surface area contributed by atoms with Crippen LogP contribution in [-0.2, 0) is 0 Å². The van der Waals surface area contributed by atoms with Gasteiger partial charge in [0, 0.05) is 35.3 Å². The monoisotopic (exact) mass is 466 g/mol. The van der Waals surface area contributed by atoms with Gasteiger partial charge < -0.3 is 14.7 Å². The zero-order valence-corrected chi connectivity index (χ0v) is 20.4. The van der Waals surface area contributed by atoms with Crippen molar-refractivity contribution >= 4 is 23.3 Å². The fourth-order valence-electron chi connectivity index (χ4n) is 4.33. The van der Waals surface area contributed by atoms with Gasteiger partial charge in [0.1, 0.15) is 0 Å². The lowest BCUT2D eigenvalue weighted by molar-refractivity contribution is 0.187. The summed E-state index contributed by atoms with van der Waals surface area (Å²) in [6.07, 6.45) is 1.58. The fourth-order valence-corrected chi connectivity index (χ4v) is 4.45. The number of nitrogens with one attached hydrogen (secondary N) is 1. The predicted molar refractivity (Wildman–Crippen MR) is 132 cm³/mol. The molecule has 33 heavy (non-hydrogen) atoms. The molecule has 0 spiro atoms. The van der Waals surface area contributed by atoms with Gasteiger partial charge in [0.25, 0.3) is 0 Å². The van der Waals surface area contributed by atoms with Crippen LogP contribution in [0.3, 0.4) is 0 Å². The third-order valence-corrected chi connectivity index (χ3v) is 6.53. The van der Waals surface area contributed by atoms with Crippen molar-refractivity contribution in [2.24, 2.45) is 0 Å². The second kappa shape index (κ2) is 9.96. The normalized spacial score (nSPS) is 14.8. The smallest absolute Gasteiger partial charge is 0.321 e. The van der Waals surface area contributed by atoms with Gasteiger partial charge in [-0.15, -0.1) is 0 Å². The van der Waals surface area contributed by atoms with Crippen LogP contribution < -0.4 is 5.32 Å². The Kier molecular flexibility index (Phi) is 7.03. The first-order valence-electron chi connectivity index (χ1n) is 11.6. The average Bonchev–Trinajstić information content (AvgIpc) is 3.29. The molecule has 1 aliphatic heterocycles. The van der Waals surface area contributed by atoms with Gasteiger partial charge in [-0.1, -0.05) is 62.7 Å². The number of hydrogen-bond donors (Lipinski definition) is 1. The number of amides is 2. The first kappa shape index (κ1) is 23.3. The summed E-state index contributed by atoms with van der Waals surface area (Å²) in [7, 11) is 0. The van der Waals surface area contributed by atoms with E-state index in [1.165, 1.54) is 11.1 Å². The van der Waals surface area contributed by atoms with Gasteiger partial charge in [0.05, 0.1) is 0 Å². The maximum atomic E-state index is 13.1. The van der Waals surface area contributed by atoms with Crippen LogP contribution in [-0.4, -0.2) is 34.2 Å². The van der Waals surface area contributed by atoms with E-state index in [1.54, 1.807) is 0 Å². The first-order chi connectivity index (χ1) is 15.8. The maximum absolute atomic E-state index is 13.1. The van der Waals surface area contributed by atoms with E-state index < -0.39 is 0 Å². The molecule has 2 aromatic carbocycles. The summed E-state index contributed by atoms with van der Waals surface area (Å²) < 4.78 is 5.55. The van der Waals surface area contributed by atoms with Crippen molar-refractivity contribution in [1.82, 2.24) is 15.0 Å². The fraction of sp³-hybridized carbons (Fsp3) is 0.423. The molecular weight excluding hydrogens is 436 g/mol. The van der Waals surface area contributed by atoms with Crippen LogP contribution >= 0.6 is 11.6 Å². The lowest BCUT2D eigenvalue weighted by Gasteiger charge is -2.31. The molecule has 4 rings (SSSR count). The number of hydrogen-bond acceptors (Lipinski definition) is 4. The highest BCUT2D eigenvalue weighted by Gasteiger charge is 2.28. The molecule has 174 valence electrons. The highest BCUT2D eigenvalue weighted by atomic mass is 35.5. The van der Waals surface area contributed by atoms with E-state index in [0.717, 1.165) is 24.1 Å². The zero-order chi connectivity index (χ0) is 23.5. The van der Waals surface area contributed by atoms with Crippen molar-refractivity contribution in [2.45, 2.75) is 58.3 Å². The van der Waals surface area contributed by atoms with Crippen LogP contribution in [0.2, 0.25) is 5.02 Å². The van der Waals surface area contributed by atoms with Crippen LogP contribution in [0.1, 0.15) is 75.3 Å². The Labute approximate surface area is 200 Å². The SMILES string of the molecule is CC(C)c1cccc(C(C)C)c1NC(=O)N1CCC(c2nc(-c3ccc(Cl)cc3)no2)CC1. The van der Waals surface area contributed by atoms with E-state index in [0.29, 0.717) is 41.7 Å². The Balaban J connectivity index is 1.41.